The first-order valence-electron chi connectivity index (χ1n) is 9.92. The highest BCUT2D eigenvalue weighted by atomic mass is 16.2. The lowest BCUT2D eigenvalue weighted by Gasteiger charge is -2.31. The van der Waals surface area contributed by atoms with E-state index in [0.717, 1.165) is 12.8 Å². The zero-order chi connectivity index (χ0) is 19.4. The molecular formula is C21H29N3O3. The minimum Gasteiger partial charge on any atom is -0.352 e. The predicted octanol–water partition coefficient (Wildman–Crippen LogP) is 2.66. The average molecular weight is 371 g/mol. The lowest BCUT2D eigenvalue weighted by atomic mass is 9.95. The van der Waals surface area contributed by atoms with Gasteiger partial charge in [-0.1, -0.05) is 26.0 Å². The van der Waals surface area contributed by atoms with Gasteiger partial charge in [-0.2, -0.15) is 0 Å². The largest absolute Gasteiger partial charge is 0.352 e. The van der Waals surface area contributed by atoms with Gasteiger partial charge >= 0.3 is 0 Å². The zero-order valence-electron chi connectivity index (χ0n) is 16.2. The van der Waals surface area contributed by atoms with E-state index in [1.807, 2.05) is 24.8 Å². The number of amides is 3. The summed E-state index contributed by atoms with van der Waals surface area (Å²) in [6, 6.07) is 7.09. The first kappa shape index (κ1) is 19.4. The molecule has 27 heavy (non-hydrogen) atoms. The van der Waals surface area contributed by atoms with E-state index < -0.39 is 0 Å². The van der Waals surface area contributed by atoms with Crippen LogP contribution in [-0.2, 0) is 9.59 Å². The van der Waals surface area contributed by atoms with E-state index in [1.165, 1.54) is 0 Å². The Labute approximate surface area is 160 Å². The van der Waals surface area contributed by atoms with E-state index in [9.17, 15) is 14.4 Å². The first-order chi connectivity index (χ1) is 13.0. The van der Waals surface area contributed by atoms with Crippen LogP contribution in [0.1, 0.15) is 49.9 Å². The Morgan fingerprint density at radius 2 is 1.70 bits per heavy atom. The lowest BCUT2D eigenvalue weighted by molar-refractivity contribution is -0.135. The maximum atomic E-state index is 12.7. The first-order valence-corrected chi connectivity index (χ1v) is 9.92. The molecule has 1 aromatic rings. The third kappa shape index (κ3) is 5.08. The normalized spacial score (nSPS) is 17.7. The van der Waals surface area contributed by atoms with Gasteiger partial charge in [-0.15, -0.1) is 0 Å². The molecule has 3 rings (SSSR count). The third-order valence-electron chi connectivity index (χ3n) is 5.20. The number of nitrogens with one attached hydrogen (secondary N) is 2. The molecule has 3 amide bonds. The molecule has 0 bridgehead atoms. The fraction of sp³-hybridized carbons (Fsp3) is 0.571. The quantitative estimate of drug-likeness (QED) is 0.807. The Morgan fingerprint density at radius 1 is 1.04 bits per heavy atom. The van der Waals surface area contributed by atoms with Crippen LogP contribution in [-0.4, -0.2) is 42.3 Å². The molecule has 1 saturated heterocycles. The van der Waals surface area contributed by atoms with Crippen molar-refractivity contribution in [1.29, 1.82) is 0 Å². The summed E-state index contributed by atoms with van der Waals surface area (Å²) in [6.07, 6.45) is 3.36. The minimum absolute atomic E-state index is 0.0716. The minimum atomic E-state index is -0.176. The van der Waals surface area contributed by atoms with Crippen molar-refractivity contribution in [3.05, 3.63) is 29.8 Å². The number of nitrogens with zero attached hydrogens (tertiary/aromatic N) is 1. The molecule has 6 nitrogen and oxygen atoms in total. The van der Waals surface area contributed by atoms with Gasteiger partial charge < -0.3 is 15.5 Å². The molecule has 2 N–H and O–H groups in total. The van der Waals surface area contributed by atoms with E-state index >= 15 is 0 Å². The van der Waals surface area contributed by atoms with Crippen LogP contribution < -0.4 is 10.6 Å². The van der Waals surface area contributed by atoms with Crippen LogP contribution in [0.25, 0.3) is 0 Å². The van der Waals surface area contributed by atoms with Crippen molar-refractivity contribution >= 4 is 23.4 Å². The van der Waals surface area contributed by atoms with E-state index in [-0.39, 0.29) is 29.6 Å². The van der Waals surface area contributed by atoms with Crippen LogP contribution in [0.3, 0.4) is 0 Å². The summed E-state index contributed by atoms with van der Waals surface area (Å²) in [4.78, 5) is 39.1. The van der Waals surface area contributed by atoms with Crippen LogP contribution in [0.4, 0.5) is 5.69 Å². The summed E-state index contributed by atoms with van der Waals surface area (Å²) < 4.78 is 0. The Hall–Kier alpha value is -2.37. The highest BCUT2D eigenvalue weighted by Crippen LogP contribution is 2.32. The number of benzene rings is 1. The molecule has 0 spiro atoms. The Kier molecular flexibility index (Phi) is 6.14. The van der Waals surface area contributed by atoms with Crippen LogP contribution in [0, 0.1) is 17.8 Å². The Bertz CT molecular complexity index is 704. The van der Waals surface area contributed by atoms with Gasteiger partial charge in [0, 0.05) is 31.5 Å². The molecule has 0 aromatic heterocycles. The van der Waals surface area contributed by atoms with Crippen LogP contribution >= 0.6 is 0 Å². The molecule has 2 aliphatic rings. The van der Waals surface area contributed by atoms with Crippen molar-refractivity contribution in [1.82, 2.24) is 10.2 Å². The molecule has 6 heteroatoms. The molecule has 2 fully saturated rings. The molecular weight excluding hydrogens is 342 g/mol. The molecule has 1 saturated carbocycles. The van der Waals surface area contributed by atoms with Crippen LogP contribution in [0.2, 0.25) is 0 Å². The van der Waals surface area contributed by atoms with E-state index in [4.69, 9.17) is 0 Å². The van der Waals surface area contributed by atoms with Gasteiger partial charge in [-0.05, 0) is 43.7 Å². The van der Waals surface area contributed by atoms with Gasteiger partial charge in [-0.3, -0.25) is 14.4 Å². The van der Waals surface area contributed by atoms with Crippen molar-refractivity contribution in [2.75, 3.05) is 25.0 Å². The fourth-order valence-corrected chi connectivity index (χ4v) is 3.37. The monoisotopic (exact) mass is 371 g/mol. The highest BCUT2D eigenvalue weighted by molar-refractivity contribution is 6.04. The maximum Gasteiger partial charge on any atom is 0.253 e. The SMILES string of the molecule is CC(C)CNC(=O)c1ccccc1NC(=O)C1CCN(C(=O)C2CC2)CC1. The summed E-state index contributed by atoms with van der Waals surface area (Å²) >= 11 is 0. The number of carbonyl (C=O) groups is 3. The van der Waals surface area contributed by atoms with Gasteiger partial charge in [0.1, 0.15) is 0 Å². The van der Waals surface area contributed by atoms with Gasteiger partial charge in [0.05, 0.1) is 11.3 Å². The van der Waals surface area contributed by atoms with Crippen molar-refractivity contribution in [3.8, 4) is 0 Å². The summed E-state index contributed by atoms with van der Waals surface area (Å²) in [5.74, 6) is 0.467. The topological polar surface area (TPSA) is 78.5 Å². The van der Waals surface area contributed by atoms with E-state index in [1.54, 1.807) is 18.2 Å². The summed E-state index contributed by atoms with van der Waals surface area (Å²) in [5, 5.41) is 5.82. The molecule has 1 heterocycles. The van der Waals surface area contributed by atoms with Gasteiger partial charge in [-0.25, -0.2) is 0 Å². The second-order valence-corrected chi connectivity index (χ2v) is 8.01. The number of piperidine rings is 1. The molecule has 1 aliphatic heterocycles. The van der Waals surface area contributed by atoms with Crippen molar-refractivity contribution in [3.63, 3.8) is 0 Å². The van der Waals surface area contributed by atoms with E-state index in [2.05, 4.69) is 10.6 Å². The predicted molar refractivity (Wildman–Crippen MR) is 104 cm³/mol. The molecule has 1 aromatic carbocycles. The smallest absolute Gasteiger partial charge is 0.253 e. The summed E-state index contributed by atoms with van der Waals surface area (Å²) in [7, 11) is 0. The molecule has 0 atom stereocenters. The van der Waals surface area contributed by atoms with Crippen LogP contribution in [0.5, 0.6) is 0 Å². The second kappa shape index (κ2) is 8.55. The number of rotatable bonds is 6. The highest BCUT2D eigenvalue weighted by Gasteiger charge is 2.36. The number of hydrogen-bond donors (Lipinski definition) is 2. The van der Waals surface area contributed by atoms with E-state index in [0.29, 0.717) is 49.6 Å². The number of likely N-dealkylation sites (tertiary alicyclic amines) is 1. The van der Waals surface area contributed by atoms with Crippen LogP contribution in [0.15, 0.2) is 24.3 Å². The summed E-state index contributed by atoms with van der Waals surface area (Å²) in [6.45, 7) is 5.95. The lowest BCUT2D eigenvalue weighted by Crippen LogP contribution is -2.42. The molecule has 146 valence electrons. The van der Waals surface area contributed by atoms with Gasteiger partial charge in [0.2, 0.25) is 11.8 Å². The summed E-state index contributed by atoms with van der Waals surface area (Å²) in [5.41, 5.74) is 1.02. The number of hydrogen-bond acceptors (Lipinski definition) is 3. The molecule has 0 radical (unpaired) electrons. The van der Waals surface area contributed by atoms with Crippen molar-refractivity contribution in [2.24, 2.45) is 17.8 Å². The number of carbonyl (C=O) groups excluding carboxylic acids is 3. The average Bonchev–Trinajstić information content (AvgIpc) is 3.51. The molecule has 0 unspecified atom stereocenters. The standard InChI is InChI=1S/C21H29N3O3/c1-14(2)13-22-20(26)17-5-3-4-6-18(17)23-19(25)15-9-11-24(12-10-15)21(27)16-7-8-16/h3-6,14-16H,7-13H2,1-2H3,(H,22,26)(H,23,25). The third-order valence-corrected chi connectivity index (χ3v) is 5.20. The fourth-order valence-electron chi connectivity index (χ4n) is 3.37. The molecule has 1 aliphatic carbocycles. The van der Waals surface area contributed by atoms with Gasteiger partial charge in [0.15, 0.2) is 0 Å². The van der Waals surface area contributed by atoms with Gasteiger partial charge in [0.25, 0.3) is 5.91 Å². The number of para-hydroxylation sites is 1. The zero-order valence-corrected chi connectivity index (χ0v) is 16.2. The maximum absolute atomic E-state index is 12.7. The van der Waals surface area contributed by atoms with Crippen molar-refractivity contribution < 1.29 is 14.4 Å². The van der Waals surface area contributed by atoms with Crippen molar-refractivity contribution in [2.45, 2.75) is 39.5 Å². The second-order valence-electron chi connectivity index (χ2n) is 8.01. The Balaban J connectivity index is 1.56. The number of anilines is 1. The Morgan fingerprint density at radius 3 is 2.33 bits per heavy atom.